The van der Waals surface area contributed by atoms with Crippen molar-refractivity contribution in [3.8, 4) is 6.07 Å². The quantitative estimate of drug-likeness (QED) is 0.937. The summed E-state index contributed by atoms with van der Waals surface area (Å²) in [6.45, 7) is 0.309. The van der Waals surface area contributed by atoms with Crippen molar-refractivity contribution in [2.24, 2.45) is 0 Å². The highest BCUT2D eigenvalue weighted by Gasteiger charge is 2.19. The molecule has 0 radical (unpaired) electrons. The molecule has 4 heteroatoms. The lowest BCUT2D eigenvalue weighted by Crippen LogP contribution is -2.28. The Kier molecular flexibility index (Phi) is 4.75. The maximum absolute atomic E-state index is 12.1. The lowest BCUT2D eigenvalue weighted by Gasteiger charge is -2.11. The van der Waals surface area contributed by atoms with E-state index in [0.717, 1.165) is 5.56 Å². The van der Waals surface area contributed by atoms with Gasteiger partial charge in [0, 0.05) is 11.6 Å². The van der Waals surface area contributed by atoms with Gasteiger partial charge in [0.1, 0.15) is 5.92 Å². The Morgan fingerprint density at radius 1 is 1.15 bits per heavy atom. The summed E-state index contributed by atoms with van der Waals surface area (Å²) in [5.74, 6) is -1.13. The number of rotatable bonds is 4. The number of halogens is 1. The first-order chi connectivity index (χ1) is 9.72. The number of hydrogen-bond donors (Lipinski definition) is 1. The molecule has 2 aromatic rings. The molecule has 1 unspecified atom stereocenters. The predicted molar refractivity (Wildman–Crippen MR) is 78.1 cm³/mol. The van der Waals surface area contributed by atoms with Crippen molar-refractivity contribution in [2.75, 3.05) is 0 Å². The van der Waals surface area contributed by atoms with Crippen LogP contribution in [0.5, 0.6) is 0 Å². The zero-order chi connectivity index (χ0) is 14.4. The fourth-order valence-electron chi connectivity index (χ4n) is 1.86. The van der Waals surface area contributed by atoms with E-state index >= 15 is 0 Å². The largest absolute Gasteiger partial charge is 0.351 e. The molecule has 2 aromatic carbocycles. The minimum atomic E-state index is -0.807. The lowest BCUT2D eigenvalue weighted by atomic mass is 10.00. The Hall–Kier alpha value is -2.31. The van der Waals surface area contributed by atoms with Gasteiger partial charge in [-0.25, -0.2) is 0 Å². The van der Waals surface area contributed by atoms with E-state index in [0.29, 0.717) is 17.1 Å². The van der Waals surface area contributed by atoms with Crippen molar-refractivity contribution in [1.29, 1.82) is 5.26 Å². The van der Waals surface area contributed by atoms with Crippen LogP contribution in [0.2, 0.25) is 5.02 Å². The van der Waals surface area contributed by atoms with Crippen molar-refractivity contribution < 1.29 is 4.79 Å². The van der Waals surface area contributed by atoms with E-state index in [4.69, 9.17) is 16.9 Å². The summed E-state index contributed by atoms with van der Waals surface area (Å²) in [6, 6.07) is 18.3. The number of carbonyl (C=O) groups excluding carboxylic acids is 1. The third kappa shape index (κ3) is 3.37. The summed E-state index contributed by atoms with van der Waals surface area (Å²) < 4.78 is 0. The van der Waals surface area contributed by atoms with E-state index in [1.165, 1.54) is 0 Å². The molecule has 0 aromatic heterocycles. The van der Waals surface area contributed by atoms with Gasteiger partial charge in [0.2, 0.25) is 5.91 Å². The summed E-state index contributed by atoms with van der Waals surface area (Å²) >= 11 is 6.02. The SMILES string of the molecule is N#CC(C(=O)NCc1ccccc1Cl)c1ccccc1. The van der Waals surface area contributed by atoms with Gasteiger partial charge in [-0.15, -0.1) is 0 Å². The van der Waals surface area contributed by atoms with E-state index in [2.05, 4.69) is 5.32 Å². The Labute approximate surface area is 122 Å². The van der Waals surface area contributed by atoms with Gasteiger partial charge >= 0.3 is 0 Å². The highest BCUT2D eigenvalue weighted by atomic mass is 35.5. The number of benzene rings is 2. The third-order valence-corrected chi connectivity index (χ3v) is 3.30. The smallest absolute Gasteiger partial charge is 0.242 e. The second-order valence-electron chi connectivity index (χ2n) is 4.28. The molecule has 0 heterocycles. The molecule has 2 rings (SSSR count). The Bertz CT molecular complexity index is 634. The van der Waals surface area contributed by atoms with Crippen LogP contribution in [-0.2, 0) is 11.3 Å². The number of amides is 1. The monoisotopic (exact) mass is 284 g/mol. The molecular weight excluding hydrogens is 272 g/mol. The molecule has 0 spiro atoms. The summed E-state index contributed by atoms with van der Waals surface area (Å²) in [5, 5.41) is 12.5. The zero-order valence-corrected chi connectivity index (χ0v) is 11.5. The molecule has 0 aliphatic rings. The Balaban J connectivity index is 2.05. The topological polar surface area (TPSA) is 52.9 Å². The minimum absolute atomic E-state index is 0.309. The number of nitrogens with one attached hydrogen (secondary N) is 1. The van der Waals surface area contributed by atoms with Crippen LogP contribution < -0.4 is 5.32 Å². The van der Waals surface area contributed by atoms with E-state index in [9.17, 15) is 4.79 Å². The molecule has 1 N–H and O–H groups in total. The van der Waals surface area contributed by atoms with Gasteiger partial charge in [-0.1, -0.05) is 60.1 Å². The summed E-state index contributed by atoms with van der Waals surface area (Å²) in [6.07, 6.45) is 0. The zero-order valence-electron chi connectivity index (χ0n) is 10.7. The molecule has 1 amide bonds. The van der Waals surface area contributed by atoms with E-state index < -0.39 is 5.92 Å². The van der Waals surface area contributed by atoms with Crippen LogP contribution in [0.1, 0.15) is 17.0 Å². The minimum Gasteiger partial charge on any atom is -0.351 e. The number of hydrogen-bond acceptors (Lipinski definition) is 2. The highest BCUT2D eigenvalue weighted by Crippen LogP contribution is 2.17. The highest BCUT2D eigenvalue weighted by molar-refractivity contribution is 6.31. The van der Waals surface area contributed by atoms with Gasteiger partial charge in [0.05, 0.1) is 6.07 Å². The fourth-order valence-corrected chi connectivity index (χ4v) is 2.06. The normalized spacial score (nSPS) is 11.4. The fraction of sp³-hybridized carbons (Fsp3) is 0.125. The predicted octanol–water partition coefficient (Wildman–Crippen LogP) is 3.26. The molecule has 0 bridgehead atoms. The van der Waals surface area contributed by atoms with E-state index in [1.54, 1.807) is 30.3 Å². The van der Waals surface area contributed by atoms with Crippen LogP contribution in [-0.4, -0.2) is 5.91 Å². The van der Waals surface area contributed by atoms with E-state index in [1.807, 2.05) is 30.3 Å². The first-order valence-electron chi connectivity index (χ1n) is 6.18. The average molecular weight is 285 g/mol. The molecule has 0 saturated carbocycles. The standard InChI is InChI=1S/C16H13ClN2O/c17-15-9-5-4-8-13(15)11-19-16(20)14(10-18)12-6-2-1-3-7-12/h1-9,14H,11H2,(H,19,20). The van der Waals surface area contributed by atoms with Gasteiger partial charge in [0.25, 0.3) is 0 Å². The van der Waals surface area contributed by atoms with Crippen LogP contribution >= 0.6 is 11.6 Å². The van der Waals surface area contributed by atoms with Gasteiger partial charge in [-0.05, 0) is 17.2 Å². The molecule has 1 atom stereocenters. The number of carbonyl (C=O) groups is 1. The molecule has 0 fully saturated rings. The average Bonchev–Trinajstić information content (AvgIpc) is 2.48. The molecule has 100 valence electrons. The van der Waals surface area contributed by atoms with Crippen LogP contribution in [0.25, 0.3) is 0 Å². The number of nitriles is 1. The second-order valence-corrected chi connectivity index (χ2v) is 4.69. The van der Waals surface area contributed by atoms with Crippen molar-refractivity contribution in [2.45, 2.75) is 12.5 Å². The van der Waals surface area contributed by atoms with Crippen molar-refractivity contribution in [1.82, 2.24) is 5.32 Å². The van der Waals surface area contributed by atoms with Crippen LogP contribution in [0, 0.1) is 11.3 Å². The first-order valence-corrected chi connectivity index (χ1v) is 6.56. The van der Waals surface area contributed by atoms with Gasteiger partial charge in [-0.2, -0.15) is 5.26 Å². The Morgan fingerprint density at radius 3 is 2.45 bits per heavy atom. The number of nitrogens with zero attached hydrogens (tertiary/aromatic N) is 1. The second kappa shape index (κ2) is 6.74. The Morgan fingerprint density at radius 2 is 1.80 bits per heavy atom. The molecular formula is C16H13ClN2O. The van der Waals surface area contributed by atoms with Gasteiger partial charge in [-0.3, -0.25) is 4.79 Å². The maximum Gasteiger partial charge on any atom is 0.242 e. The molecule has 3 nitrogen and oxygen atoms in total. The molecule has 0 aliphatic carbocycles. The van der Waals surface area contributed by atoms with Crippen LogP contribution in [0.4, 0.5) is 0 Å². The maximum atomic E-state index is 12.1. The van der Waals surface area contributed by atoms with Crippen LogP contribution in [0.15, 0.2) is 54.6 Å². The molecule has 0 saturated heterocycles. The molecule has 0 aliphatic heterocycles. The van der Waals surface area contributed by atoms with Crippen LogP contribution in [0.3, 0.4) is 0 Å². The van der Waals surface area contributed by atoms with Crippen molar-refractivity contribution >= 4 is 17.5 Å². The lowest BCUT2D eigenvalue weighted by molar-refractivity contribution is -0.121. The van der Waals surface area contributed by atoms with Crippen molar-refractivity contribution in [3.05, 3.63) is 70.7 Å². The summed E-state index contributed by atoms with van der Waals surface area (Å²) in [4.78, 5) is 12.1. The molecule has 20 heavy (non-hydrogen) atoms. The summed E-state index contributed by atoms with van der Waals surface area (Å²) in [7, 11) is 0. The van der Waals surface area contributed by atoms with Crippen molar-refractivity contribution in [3.63, 3.8) is 0 Å². The first kappa shape index (κ1) is 14.1. The third-order valence-electron chi connectivity index (χ3n) is 2.94. The van der Waals surface area contributed by atoms with Gasteiger partial charge < -0.3 is 5.32 Å². The van der Waals surface area contributed by atoms with Gasteiger partial charge in [0.15, 0.2) is 0 Å². The summed E-state index contributed by atoms with van der Waals surface area (Å²) in [5.41, 5.74) is 1.51. The van der Waals surface area contributed by atoms with E-state index in [-0.39, 0.29) is 5.91 Å².